The average molecular weight is 409 g/mol. The molecule has 0 amide bonds. The molecule has 29 heavy (non-hydrogen) atoms. The topological polar surface area (TPSA) is 57.2 Å². The first-order chi connectivity index (χ1) is 14.3. The van der Waals surface area contributed by atoms with E-state index >= 15 is 0 Å². The summed E-state index contributed by atoms with van der Waals surface area (Å²) in [7, 11) is 0. The van der Waals surface area contributed by atoms with Crippen molar-refractivity contribution >= 4 is 17.4 Å². The maximum atomic E-state index is 13.4. The Morgan fingerprint density at radius 2 is 2.03 bits per heavy atom. The first kappa shape index (κ1) is 18.3. The molecule has 148 valence electrons. The second-order valence-electron chi connectivity index (χ2n) is 7.05. The van der Waals surface area contributed by atoms with Gasteiger partial charge in [0.15, 0.2) is 11.0 Å². The van der Waals surface area contributed by atoms with Gasteiger partial charge in [-0.15, -0.1) is 10.2 Å². The summed E-state index contributed by atoms with van der Waals surface area (Å²) in [5, 5.41) is 9.64. The van der Waals surface area contributed by atoms with Crippen LogP contribution in [-0.4, -0.2) is 36.9 Å². The lowest BCUT2D eigenvalue weighted by Crippen LogP contribution is -2.16. The molecule has 3 aromatic heterocycles. The largest absolute Gasteiger partial charge is 0.376 e. The fourth-order valence-corrected chi connectivity index (χ4v) is 4.39. The Balaban J connectivity index is 1.42. The third-order valence-corrected chi connectivity index (χ3v) is 5.99. The molecule has 0 N–H and O–H groups in total. The zero-order chi connectivity index (χ0) is 19.6. The van der Waals surface area contributed by atoms with E-state index in [1.54, 1.807) is 23.9 Å². The summed E-state index contributed by atoms with van der Waals surface area (Å²) in [6, 6.07) is 12.3. The molecule has 8 heteroatoms. The lowest BCUT2D eigenvalue weighted by atomic mass is 10.2. The van der Waals surface area contributed by atoms with E-state index in [0.717, 1.165) is 47.3 Å². The van der Waals surface area contributed by atoms with Crippen molar-refractivity contribution in [2.45, 2.75) is 36.4 Å². The predicted octanol–water partition coefficient (Wildman–Crippen LogP) is 4.20. The van der Waals surface area contributed by atoms with Crippen LogP contribution in [0.1, 0.15) is 18.5 Å². The molecule has 1 aliphatic heterocycles. The predicted molar refractivity (Wildman–Crippen MR) is 109 cm³/mol. The van der Waals surface area contributed by atoms with Gasteiger partial charge in [-0.05, 0) is 49.2 Å². The van der Waals surface area contributed by atoms with Crippen LogP contribution in [0.4, 0.5) is 4.39 Å². The Bertz CT molecular complexity index is 1080. The highest BCUT2D eigenvalue weighted by Gasteiger charge is 2.22. The second-order valence-corrected chi connectivity index (χ2v) is 7.99. The standard InChI is InChI=1S/C21H20FN5OS/c22-16-8-6-15(7-9-16)20-24-25-21(27(20)13-18-4-3-11-28-18)29-14-17-12-26-10-2-1-5-19(26)23-17/h1-2,5-10,12,18H,3-4,11,13-14H2. The van der Waals surface area contributed by atoms with Crippen LogP contribution in [0.25, 0.3) is 17.0 Å². The summed E-state index contributed by atoms with van der Waals surface area (Å²) in [4.78, 5) is 4.65. The summed E-state index contributed by atoms with van der Waals surface area (Å²) < 4.78 is 23.3. The van der Waals surface area contributed by atoms with Crippen LogP contribution in [0.3, 0.4) is 0 Å². The van der Waals surface area contributed by atoms with Gasteiger partial charge in [0.25, 0.3) is 0 Å². The zero-order valence-corrected chi connectivity index (χ0v) is 16.6. The summed E-state index contributed by atoms with van der Waals surface area (Å²) in [6.45, 7) is 1.48. The number of benzene rings is 1. The highest BCUT2D eigenvalue weighted by Crippen LogP contribution is 2.28. The van der Waals surface area contributed by atoms with Crippen LogP contribution in [-0.2, 0) is 17.0 Å². The number of hydrogen-bond donors (Lipinski definition) is 0. The smallest absolute Gasteiger partial charge is 0.191 e. The number of aromatic nitrogens is 5. The fraction of sp³-hybridized carbons (Fsp3) is 0.286. The van der Waals surface area contributed by atoms with Gasteiger partial charge in [-0.1, -0.05) is 17.8 Å². The normalized spacial score (nSPS) is 16.7. The van der Waals surface area contributed by atoms with Crippen molar-refractivity contribution in [2.24, 2.45) is 0 Å². The summed E-state index contributed by atoms with van der Waals surface area (Å²) in [6.07, 6.45) is 6.27. The highest BCUT2D eigenvalue weighted by molar-refractivity contribution is 7.98. The quantitative estimate of drug-likeness (QED) is 0.447. The summed E-state index contributed by atoms with van der Waals surface area (Å²) in [5.41, 5.74) is 2.75. The van der Waals surface area contributed by atoms with Crippen molar-refractivity contribution in [2.75, 3.05) is 6.61 Å². The van der Waals surface area contributed by atoms with E-state index in [1.807, 2.05) is 35.0 Å². The zero-order valence-electron chi connectivity index (χ0n) is 15.7. The third kappa shape index (κ3) is 3.90. The Morgan fingerprint density at radius 1 is 1.14 bits per heavy atom. The van der Waals surface area contributed by atoms with Gasteiger partial charge in [-0.3, -0.25) is 4.57 Å². The molecule has 0 aliphatic carbocycles. The maximum Gasteiger partial charge on any atom is 0.191 e. The molecule has 1 atom stereocenters. The number of thioether (sulfide) groups is 1. The minimum absolute atomic E-state index is 0.153. The van der Waals surface area contributed by atoms with Crippen LogP contribution in [0.15, 0.2) is 60.0 Å². The van der Waals surface area contributed by atoms with E-state index in [2.05, 4.69) is 19.7 Å². The fourth-order valence-electron chi connectivity index (χ4n) is 3.56. The SMILES string of the molecule is Fc1ccc(-c2nnc(SCc3cn4ccccc4n3)n2CC2CCCO2)cc1. The van der Waals surface area contributed by atoms with Gasteiger partial charge in [-0.2, -0.15) is 0 Å². The molecular weight excluding hydrogens is 389 g/mol. The average Bonchev–Trinajstić information content (AvgIpc) is 3.47. The number of imidazole rings is 1. The molecule has 1 aromatic carbocycles. The number of hydrogen-bond acceptors (Lipinski definition) is 5. The van der Waals surface area contributed by atoms with Crippen LogP contribution in [0.5, 0.6) is 0 Å². The van der Waals surface area contributed by atoms with E-state index in [9.17, 15) is 4.39 Å². The lowest BCUT2D eigenvalue weighted by molar-refractivity contribution is 0.0953. The van der Waals surface area contributed by atoms with E-state index < -0.39 is 0 Å². The number of ether oxygens (including phenoxy) is 1. The third-order valence-electron chi connectivity index (χ3n) is 4.99. The van der Waals surface area contributed by atoms with Gasteiger partial charge in [-0.25, -0.2) is 9.37 Å². The van der Waals surface area contributed by atoms with Crippen molar-refractivity contribution in [1.29, 1.82) is 0 Å². The van der Waals surface area contributed by atoms with E-state index in [4.69, 9.17) is 4.74 Å². The molecule has 0 radical (unpaired) electrons. The highest BCUT2D eigenvalue weighted by atomic mass is 32.2. The molecule has 6 nitrogen and oxygen atoms in total. The van der Waals surface area contributed by atoms with Crippen LogP contribution < -0.4 is 0 Å². The molecule has 1 saturated heterocycles. The van der Waals surface area contributed by atoms with Crippen LogP contribution in [0, 0.1) is 5.82 Å². The van der Waals surface area contributed by atoms with E-state index in [0.29, 0.717) is 12.3 Å². The number of fused-ring (bicyclic) bond motifs is 1. The minimum Gasteiger partial charge on any atom is -0.376 e. The van der Waals surface area contributed by atoms with Gasteiger partial charge in [0, 0.05) is 30.3 Å². The lowest BCUT2D eigenvalue weighted by Gasteiger charge is -2.14. The van der Waals surface area contributed by atoms with E-state index in [1.165, 1.54) is 12.1 Å². The Hall–Kier alpha value is -2.71. The monoisotopic (exact) mass is 409 g/mol. The van der Waals surface area contributed by atoms with Gasteiger partial charge >= 0.3 is 0 Å². The van der Waals surface area contributed by atoms with Crippen molar-refractivity contribution < 1.29 is 9.13 Å². The molecule has 4 heterocycles. The van der Waals surface area contributed by atoms with Crippen molar-refractivity contribution in [3.63, 3.8) is 0 Å². The molecular formula is C21H20FN5OS. The number of rotatable bonds is 6. The van der Waals surface area contributed by atoms with Crippen LogP contribution in [0.2, 0.25) is 0 Å². The van der Waals surface area contributed by atoms with Gasteiger partial charge in [0.05, 0.1) is 18.3 Å². The molecule has 0 spiro atoms. The van der Waals surface area contributed by atoms with E-state index in [-0.39, 0.29) is 11.9 Å². The number of nitrogens with zero attached hydrogens (tertiary/aromatic N) is 5. The van der Waals surface area contributed by atoms with Crippen molar-refractivity contribution in [3.05, 3.63) is 66.4 Å². The van der Waals surface area contributed by atoms with Crippen molar-refractivity contribution in [1.82, 2.24) is 24.1 Å². The van der Waals surface area contributed by atoms with Crippen LogP contribution >= 0.6 is 11.8 Å². The van der Waals surface area contributed by atoms with Gasteiger partial charge in [0.1, 0.15) is 11.5 Å². The molecule has 0 saturated carbocycles. The number of pyridine rings is 1. The van der Waals surface area contributed by atoms with Gasteiger partial charge in [0.2, 0.25) is 0 Å². The first-order valence-electron chi connectivity index (χ1n) is 9.62. The maximum absolute atomic E-state index is 13.4. The first-order valence-corrected chi connectivity index (χ1v) is 10.6. The minimum atomic E-state index is -0.264. The molecule has 1 fully saturated rings. The summed E-state index contributed by atoms with van der Waals surface area (Å²) in [5.74, 6) is 1.16. The second kappa shape index (κ2) is 7.96. The molecule has 0 bridgehead atoms. The molecule has 4 aromatic rings. The van der Waals surface area contributed by atoms with Gasteiger partial charge < -0.3 is 9.14 Å². The Labute approximate surface area is 171 Å². The molecule has 1 aliphatic rings. The van der Waals surface area contributed by atoms with Crippen molar-refractivity contribution in [3.8, 4) is 11.4 Å². The summed E-state index contributed by atoms with van der Waals surface area (Å²) >= 11 is 1.60. The molecule has 1 unspecified atom stereocenters. The number of halogens is 1. The molecule has 5 rings (SSSR count). The Kier molecular flexibility index (Phi) is 5.03. The Morgan fingerprint density at radius 3 is 2.83 bits per heavy atom.